The van der Waals surface area contributed by atoms with Crippen LogP contribution in [0.4, 0.5) is 11.6 Å². The SMILES string of the molecule is Cc1ccnc(NC(=S)Nc2cc(Cl)ccc2Cl)n1. The molecule has 0 fully saturated rings. The lowest BCUT2D eigenvalue weighted by Crippen LogP contribution is -2.20. The predicted octanol–water partition coefficient (Wildman–Crippen LogP) is 3.90. The van der Waals surface area contributed by atoms with Crippen LogP contribution in [0.3, 0.4) is 0 Å². The Hall–Kier alpha value is -1.43. The zero-order valence-electron chi connectivity index (χ0n) is 9.95. The topological polar surface area (TPSA) is 49.8 Å². The zero-order chi connectivity index (χ0) is 13.8. The molecule has 4 nitrogen and oxygen atoms in total. The molecule has 0 spiro atoms. The minimum absolute atomic E-state index is 0.342. The molecule has 1 aromatic heterocycles. The fourth-order valence-electron chi connectivity index (χ4n) is 1.36. The number of anilines is 2. The van der Waals surface area contributed by atoms with E-state index >= 15 is 0 Å². The van der Waals surface area contributed by atoms with E-state index in [4.69, 9.17) is 35.4 Å². The molecule has 0 amide bonds. The molecule has 2 aromatic rings. The third-order valence-corrected chi connectivity index (χ3v) is 2.97. The quantitative estimate of drug-likeness (QED) is 0.824. The Labute approximate surface area is 126 Å². The van der Waals surface area contributed by atoms with E-state index in [1.807, 2.05) is 6.92 Å². The summed E-state index contributed by atoms with van der Waals surface area (Å²) >= 11 is 17.1. The molecule has 1 heterocycles. The van der Waals surface area contributed by atoms with Crippen molar-refractivity contribution in [3.8, 4) is 0 Å². The Morgan fingerprint density at radius 1 is 1.21 bits per heavy atom. The summed E-state index contributed by atoms with van der Waals surface area (Å²) in [6.07, 6.45) is 1.65. The van der Waals surface area contributed by atoms with Gasteiger partial charge in [-0.15, -0.1) is 0 Å². The van der Waals surface area contributed by atoms with Gasteiger partial charge in [-0.25, -0.2) is 9.97 Å². The first kappa shape index (κ1) is 14.0. The van der Waals surface area contributed by atoms with Crippen LogP contribution in [0.1, 0.15) is 5.69 Å². The van der Waals surface area contributed by atoms with E-state index in [9.17, 15) is 0 Å². The molecule has 19 heavy (non-hydrogen) atoms. The Morgan fingerprint density at radius 3 is 2.74 bits per heavy atom. The molecule has 0 aliphatic heterocycles. The van der Waals surface area contributed by atoms with E-state index < -0.39 is 0 Å². The number of aromatic nitrogens is 2. The van der Waals surface area contributed by atoms with Crippen molar-refractivity contribution in [2.75, 3.05) is 10.6 Å². The summed E-state index contributed by atoms with van der Waals surface area (Å²) in [5, 5.41) is 7.26. The molecule has 7 heteroatoms. The maximum absolute atomic E-state index is 6.03. The highest BCUT2D eigenvalue weighted by molar-refractivity contribution is 7.80. The summed E-state index contributed by atoms with van der Waals surface area (Å²) in [4.78, 5) is 8.24. The summed E-state index contributed by atoms with van der Waals surface area (Å²) in [6.45, 7) is 1.87. The van der Waals surface area contributed by atoms with Crippen molar-refractivity contribution in [3.05, 3.63) is 46.2 Å². The van der Waals surface area contributed by atoms with Crippen molar-refractivity contribution in [1.29, 1.82) is 0 Å². The van der Waals surface area contributed by atoms with Crippen LogP contribution < -0.4 is 10.6 Å². The molecular formula is C12H10Cl2N4S. The summed E-state index contributed by atoms with van der Waals surface area (Å²) in [6, 6.07) is 6.89. The highest BCUT2D eigenvalue weighted by Gasteiger charge is 2.05. The lowest BCUT2D eigenvalue weighted by Gasteiger charge is -2.11. The molecule has 2 rings (SSSR count). The van der Waals surface area contributed by atoms with E-state index in [1.165, 1.54) is 0 Å². The first-order chi connectivity index (χ1) is 9.04. The Bertz CT molecular complexity index is 618. The molecule has 0 unspecified atom stereocenters. The van der Waals surface area contributed by atoms with Crippen LogP contribution in [0.2, 0.25) is 10.0 Å². The lowest BCUT2D eigenvalue weighted by molar-refractivity contribution is 1.11. The van der Waals surface area contributed by atoms with Gasteiger partial charge in [0.15, 0.2) is 5.11 Å². The second kappa shape index (κ2) is 6.14. The molecule has 98 valence electrons. The summed E-state index contributed by atoms with van der Waals surface area (Å²) in [5.41, 5.74) is 1.47. The number of halogens is 2. The molecular weight excluding hydrogens is 303 g/mol. The van der Waals surface area contributed by atoms with E-state index in [0.29, 0.717) is 26.8 Å². The maximum Gasteiger partial charge on any atom is 0.229 e. The minimum Gasteiger partial charge on any atom is -0.331 e. The first-order valence-electron chi connectivity index (χ1n) is 5.37. The van der Waals surface area contributed by atoms with E-state index in [-0.39, 0.29) is 0 Å². The van der Waals surface area contributed by atoms with Crippen LogP contribution in [0.15, 0.2) is 30.5 Å². The Kier molecular flexibility index (Phi) is 4.52. The lowest BCUT2D eigenvalue weighted by atomic mass is 10.3. The number of nitrogens with one attached hydrogen (secondary N) is 2. The van der Waals surface area contributed by atoms with Crippen molar-refractivity contribution in [2.24, 2.45) is 0 Å². The number of benzene rings is 1. The Balaban J connectivity index is 2.07. The molecule has 0 aliphatic rings. The molecule has 0 radical (unpaired) electrons. The molecule has 1 aromatic carbocycles. The van der Waals surface area contributed by atoms with Crippen LogP contribution in [-0.2, 0) is 0 Å². The van der Waals surface area contributed by atoms with E-state index in [2.05, 4.69) is 20.6 Å². The van der Waals surface area contributed by atoms with Crippen molar-refractivity contribution in [2.45, 2.75) is 6.92 Å². The highest BCUT2D eigenvalue weighted by Crippen LogP contribution is 2.25. The number of nitrogens with zero attached hydrogens (tertiary/aromatic N) is 2. The zero-order valence-corrected chi connectivity index (χ0v) is 12.3. The summed E-state index contributed by atoms with van der Waals surface area (Å²) in [5.74, 6) is 0.427. The molecule has 0 saturated carbocycles. The third kappa shape index (κ3) is 4.02. The standard InChI is InChI=1S/C12H10Cl2N4S/c1-7-4-5-15-11(16-7)18-12(19)17-10-6-8(13)2-3-9(10)14/h2-6H,1H3,(H2,15,16,17,18,19). The highest BCUT2D eigenvalue weighted by atomic mass is 35.5. The van der Waals surface area contributed by atoms with Crippen molar-refractivity contribution in [3.63, 3.8) is 0 Å². The first-order valence-corrected chi connectivity index (χ1v) is 6.54. The summed E-state index contributed by atoms with van der Waals surface area (Å²) < 4.78 is 0. The number of hydrogen-bond acceptors (Lipinski definition) is 3. The van der Waals surface area contributed by atoms with Gasteiger partial charge in [-0.05, 0) is 43.4 Å². The van der Waals surface area contributed by atoms with Gasteiger partial charge in [0.1, 0.15) is 0 Å². The van der Waals surface area contributed by atoms with Crippen LogP contribution in [0, 0.1) is 6.92 Å². The second-order valence-electron chi connectivity index (χ2n) is 3.72. The van der Waals surface area contributed by atoms with Gasteiger partial charge in [0.2, 0.25) is 5.95 Å². The molecule has 0 atom stereocenters. The van der Waals surface area contributed by atoms with E-state index in [1.54, 1.807) is 30.5 Å². The average Bonchev–Trinajstić information content (AvgIpc) is 2.34. The Morgan fingerprint density at radius 2 is 2.00 bits per heavy atom. The summed E-state index contributed by atoms with van der Waals surface area (Å²) in [7, 11) is 0. The number of aryl methyl sites for hydroxylation is 1. The van der Waals surface area contributed by atoms with E-state index in [0.717, 1.165) is 5.69 Å². The van der Waals surface area contributed by atoms with Crippen molar-refractivity contribution < 1.29 is 0 Å². The van der Waals surface area contributed by atoms with Crippen LogP contribution in [0.5, 0.6) is 0 Å². The van der Waals surface area contributed by atoms with Crippen molar-refractivity contribution in [1.82, 2.24) is 9.97 Å². The smallest absolute Gasteiger partial charge is 0.229 e. The number of hydrogen-bond donors (Lipinski definition) is 2. The molecule has 0 bridgehead atoms. The molecule has 2 N–H and O–H groups in total. The van der Waals surface area contributed by atoms with Gasteiger partial charge in [0.05, 0.1) is 10.7 Å². The second-order valence-corrected chi connectivity index (χ2v) is 4.98. The number of rotatable bonds is 2. The van der Waals surface area contributed by atoms with Gasteiger partial charge in [0, 0.05) is 16.9 Å². The fourth-order valence-corrected chi connectivity index (χ4v) is 1.90. The van der Waals surface area contributed by atoms with Gasteiger partial charge < -0.3 is 10.6 Å². The monoisotopic (exact) mass is 312 g/mol. The predicted molar refractivity (Wildman–Crippen MR) is 83.1 cm³/mol. The van der Waals surface area contributed by atoms with Crippen LogP contribution in [-0.4, -0.2) is 15.1 Å². The van der Waals surface area contributed by atoms with Gasteiger partial charge in [-0.1, -0.05) is 23.2 Å². The van der Waals surface area contributed by atoms with Crippen LogP contribution in [0.25, 0.3) is 0 Å². The molecule has 0 aliphatic carbocycles. The van der Waals surface area contributed by atoms with Gasteiger partial charge in [-0.3, -0.25) is 0 Å². The largest absolute Gasteiger partial charge is 0.331 e. The van der Waals surface area contributed by atoms with Crippen LogP contribution >= 0.6 is 35.4 Å². The van der Waals surface area contributed by atoms with Gasteiger partial charge in [-0.2, -0.15) is 0 Å². The minimum atomic E-state index is 0.342. The maximum atomic E-state index is 6.03. The van der Waals surface area contributed by atoms with Gasteiger partial charge >= 0.3 is 0 Å². The fraction of sp³-hybridized carbons (Fsp3) is 0.0833. The average molecular weight is 313 g/mol. The molecule has 0 saturated heterocycles. The number of thiocarbonyl (C=S) groups is 1. The van der Waals surface area contributed by atoms with Crippen molar-refractivity contribution >= 4 is 52.2 Å². The third-order valence-electron chi connectivity index (χ3n) is 2.20. The van der Waals surface area contributed by atoms with Gasteiger partial charge in [0.25, 0.3) is 0 Å². The normalized spacial score (nSPS) is 10.1.